The van der Waals surface area contributed by atoms with E-state index in [9.17, 15) is 9.59 Å². The van der Waals surface area contributed by atoms with Crippen molar-refractivity contribution >= 4 is 22.7 Å². The molecule has 2 rings (SSSR count). The molecule has 6 nitrogen and oxygen atoms in total. The molecule has 0 radical (unpaired) electrons. The fraction of sp³-hybridized carbons (Fsp3) is 0.350. The molecule has 1 N–H and O–H groups in total. The number of carbonyl (C=O) groups is 2. The van der Waals surface area contributed by atoms with Crippen LogP contribution in [0.3, 0.4) is 0 Å². The largest absolute Gasteiger partial charge is 0.345 e. The Balaban J connectivity index is 1.93. The number of rotatable bonds is 9. The fourth-order valence-corrected chi connectivity index (χ4v) is 2.78. The van der Waals surface area contributed by atoms with Gasteiger partial charge in [-0.25, -0.2) is 0 Å². The zero-order valence-electron chi connectivity index (χ0n) is 15.4. The number of hydrogen-bond donors (Lipinski definition) is 1. The van der Waals surface area contributed by atoms with Crippen LogP contribution < -0.4 is 5.32 Å². The number of hydrogen-bond acceptors (Lipinski definition) is 3. The Hall–Kier alpha value is -2.89. The van der Waals surface area contributed by atoms with Crippen molar-refractivity contribution in [3.8, 4) is 0 Å². The standard InChI is InChI=1S/C20H26N4O2/c1-5-10-23(11-6-2)20(26)16(4)22-19(25)9-12-24-18-13-15(3)7-8-17(18)14-21-24/h5-8,13-14,16H,1-2,9-12H2,3-4H3,(H,22,25). The summed E-state index contributed by atoms with van der Waals surface area (Å²) in [7, 11) is 0. The number of nitrogens with zero attached hydrogens (tertiary/aromatic N) is 3. The first kappa shape index (κ1) is 19.4. The van der Waals surface area contributed by atoms with E-state index in [4.69, 9.17) is 0 Å². The second-order valence-corrected chi connectivity index (χ2v) is 6.29. The minimum atomic E-state index is -0.598. The Morgan fingerprint density at radius 3 is 2.65 bits per heavy atom. The molecule has 26 heavy (non-hydrogen) atoms. The number of fused-ring (bicyclic) bond motifs is 1. The van der Waals surface area contributed by atoms with Gasteiger partial charge in [0, 0.05) is 24.9 Å². The monoisotopic (exact) mass is 354 g/mol. The molecule has 138 valence electrons. The van der Waals surface area contributed by atoms with E-state index >= 15 is 0 Å². The molecule has 0 saturated carbocycles. The van der Waals surface area contributed by atoms with Gasteiger partial charge in [0.1, 0.15) is 6.04 Å². The van der Waals surface area contributed by atoms with Crippen LogP contribution in [0.15, 0.2) is 49.7 Å². The summed E-state index contributed by atoms with van der Waals surface area (Å²) in [5.41, 5.74) is 2.15. The van der Waals surface area contributed by atoms with Gasteiger partial charge in [-0.1, -0.05) is 24.3 Å². The number of aryl methyl sites for hydroxylation is 2. The average Bonchev–Trinajstić information content (AvgIpc) is 3.01. The normalized spacial score (nSPS) is 11.8. The van der Waals surface area contributed by atoms with Gasteiger partial charge in [0.15, 0.2) is 0 Å². The van der Waals surface area contributed by atoms with Crippen LogP contribution in [0.4, 0.5) is 0 Å². The molecule has 0 aliphatic carbocycles. The maximum atomic E-state index is 12.4. The van der Waals surface area contributed by atoms with Crippen LogP contribution in [0, 0.1) is 6.92 Å². The van der Waals surface area contributed by atoms with E-state index in [0.717, 1.165) is 16.5 Å². The Morgan fingerprint density at radius 2 is 2.00 bits per heavy atom. The van der Waals surface area contributed by atoms with E-state index in [1.54, 1.807) is 30.2 Å². The lowest BCUT2D eigenvalue weighted by Gasteiger charge is -2.23. The van der Waals surface area contributed by atoms with Crippen molar-refractivity contribution < 1.29 is 9.59 Å². The van der Waals surface area contributed by atoms with Gasteiger partial charge in [-0.15, -0.1) is 13.2 Å². The maximum absolute atomic E-state index is 12.4. The summed E-state index contributed by atoms with van der Waals surface area (Å²) >= 11 is 0. The average molecular weight is 354 g/mol. The van der Waals surface area contributed by atoms with E-state index in [2.05, 4.69) is 29.6 Å². The lowest BCUT2D eigenvalue weighted by Crippen LogP contribution is -2.47. The Bertz CT molecular complexity index is 799. The number of aromatic nitrogens is 2. The molecule has 0 aliphatic heterocycles. The van der Waals surface area contributed by atoms with Gasteiger partial charge in [-0.05, 0) is 25.5 Å². The minimum Gasteiger partial charge on any atom is -0.345 e. The molecule has 0 spiro atoms. The molecular formula is C20H26N4O2. The molecule has 0 bridgehead atoms. The van der Waals surface area contributed by atoms with Crippen LogP contribution in [0.5, 0.6) is 0 Å². The SMILES string of the molecule is C=CCN(CC=C)C(=O)C(C)NC(=O)CCn1ncc2ccc(C)cc21. The molecular weight excluding hydrogens is 328 g/mol. The summed E-state index contributed by atoms with van der Waals surface area (Å²) in [5.74, 6) is -0.336. The van der Waals surface area contributed by atoms with Crippen LogP contribution in [-0.2, 0) is 16.1 Å². The zero-order chi connectivity index (χ0) is 19.1. The fourth-order valence-electron chi connectivity index (χ4n) is 2.78. The highest BCUT2D eigenvalue weighted by Gasteiger charge is 2.20. The number of carbonyl (C=O) groups excluding carboxylic acids is 2. The first-order valence-electron chi connectivity index (χ1n) is 8.68. The maximum Gasteiger partial charge on any atom is 0.245 e. The molecule has 1 atom stereocenters. The minimum absolute atomic E-state index is 0.154. The lowest BCUT2D eigenvalue weighted by molar-refractivity contribution is -0.135. The van der Waals surface area contributed by atoms with Crippen LogP contribution in [0.25, 0.3) is 10.9 Å². The molecule has 0 aliphatic rings. The van der Waals surface area contributed by atoms with Gasteiger partial charge in [0.05, 0.1) is 18.3 Å². The number of benzene rings is 1. The zero-order valence-corrected chi connectivity index (χ0v) is 15.4. The van der Waals surface area contributed by atoms with Crippen LogP contribution in [0.2, 0.25) is 0 Å². The number of nitrogens with one attached hydrogen (secondary N) is 1. The summed E-state index contributed by atoms with van der Waals surface area (Å²) in [6.45, 7) is 12.3. The molecule has 2 aromatic rings. The smallest absolute Gasteiger partial charge is 0.245 e. The summed E-state index contributed by atoms with van der Waals surface area (Å²) in [4.78, 5) is 26.2. The van der Waals surface area contributed by atoms with Gasteiger partial charge < -0.3 is 10.2 Å². The molecule has 0 fully saturated rings. The van der Waals surface area contributed by atoms with Crippen LogP contribution in [0.1, 0.15) is 18.9 Å². The van der Waals surface area contributed by atoms with Gasteiger partial charge in [-0.2, -0.15) is 5.10 Å². The third-order valence-corrected chi connectivity index (χ3v) is 4.11. The highest BCUT2D eigenvalue weighted by Crippen LogP contribution is 2.15. The molecule has 6 heteroatoms. The summed E-state index contributed by atoms with van der Waals surface area (Å²) in [6, 6.07) is 5.50. The van der Waals surface area contributed by atoms with E-state index < -0.39 is 6.04 Å². The quantitative estimate of drug-likeness (QED) is 0.703. The predicted octanol–water partition coefficient (Wildman–Crippen LogP) is 2.44. The van der Waals surface area contributed by atoms with E-state index in [0.29, 0.717) is 19.6 Å². The molecule has 2 amide bonds. The highest BCUT2D eigenvalue weighted by atomic mass is 16.2. The molecule has 1 unspecified atom stereocenters. The van der Waals surface area contributed by atoms with Gasteiger partial charge in [-0.3, -0.25) is 14.3 Å². The van der Waals surface area contributed by atoms with E-state index in [1.807, 2.05) is 23.7 Å². The third-order valence-electron chi connectivity index (χ3n) is 4.11. The molecule has 1 aromatic heterocycles. The van der Waals surface area contributed by atoms with Crippen molar-refractivity contribution in [2.45, 2.75) is 32.9 Å². The van der Waals surface area contributed by atoms with Crippen molar-refractivity contribution in [2.24, 2.45) is 0 Å². The van der Waals surface area contributed by atoms with Crippen molar-refractivity contribution in [1.82, 2.24) is 20.0 Å². The van der Waals surface area contributed by atoms with Crippen LogP contribution >= 0.6 is 0 Å². The second-order valence-electron chi connectivity index (χ2n) is 6.29. The van der Waals surface area contributed by atoms with Crippen molar-refractivity contribution in [3.05, 3.63) is 55.3 Å². The van der Waals surface area contributed by atoms with Crippen LogP contribution in [-0.4, -0.2) is 45.6 Å². The molecule has 1 aromatic carbocycles. The molecule has 1 heterocycles. The van der Waals surface area contributed by atoms with E-state index in [1.165, 1.54) is 0 Å². The summed E-state index contributed by atoms with van der Waals surface area (Å²) in [6.07, 6.45) is 5.36. The Labute approximate surface area is 154 Å². The van der Waals surface area contributed by atoms with Gasteiger partial charge >= 0.3 is 0 Å². The summed E-state index contributed by atoms with van der Waals surface area (Å²) in [5, 5.41) is 8.14. The molecule has 0 saturated heterocycles. The highest BCUT2D eigenvalue weighted by molar-refractivity contribution is 5.87. The first-order chi connectivity index (χ1) is 12.5. The number of amides is 2. The predicted molar refractivity (Wildman–Crippen MR) is 104 cm³/mol. The van der Waals surface area contributed by atoms with Gasteiger partial charge in [0.2, 0.25) is 11.8 Å². The van der Waals surface area contributed by atoms with Crippen molar-refractivity contribution in [3.63, 3.8) is 0 Å². The lowest BCUT2D eigenvalue weighted by atomic mass is 10.2. The van der Waals surface area contributed by atoms with E-state index in [-0.39, 0.29) is 18.2 Å². The van der Waals surface area contributed by atoms with Crippen molar-refractivity contribution in [2.75, 3.05) is 13.1 Å². The summed E-state index contributed by atoms with van der Waals surface area (Å²) < 4.78 is 1.82. The second kappa shape index (κ2) is 8.99. The van der Waals surface area contributed by atoms with Crippen molar-refractivity contribution in [1.29, 1.82) is 0 Å². The van der Waals surface area contributed by atoms with Gasteiger partial charge in [0.25, 0.3) is 0 Å². The third kappa shape index (κ3) is 4.81. The topological polar surface area (TPSA) is 67.2 Å². The Kier molecular flexibility index (Phi) is 6.72. The Morgan fingerprint density at radius 1 is 1.31 bits per heavy atom. The first-order valence-corrected chi connectivity index (χ1v) is 8.68.